The molecule has 4 nitrogen and oxygen atoms in total. The van der Waals surface area contributed by atoms with Crippen molar-refractivity contribution >= 4 is 24.0 Å². The average molecular weight is 367 g/mol. The summed E-state index contributed by atoms with van der Waals surface area (Å²) in [6, 6.07) is 6.13. The summed E-state index contributed by atoms with van der Waals surface area (Å²) in [6.07, 6.45) is 9.70. The first-order valence-electron chi connectivity index (χ1n) is 9.51. The van der Waals surface area contributed by atoms with Gasteiger partial charge in [0.25, 0.3) is 0 Å². The molecule has 2 unspecified atom stereocenters. The molecule has 3 N–H and O–H groups in total. The number of amides is 1. The molecule has 0 heterocycles. The lowest BCUT2D eigenvalue weighted by atomic mass is 9.87. The number of hydrogen-bond acceptors (Lipinski definition) is 3. The molecule has 3 rings (SSSR count). The molecule has 2 aliphatic rings. The second-order valence-corrected chi connectivity index (χ2v) is 7.20. The van der Waals surface area contributed by atoms with Gasteiger partial charge in [-0.1, -0.05) is 32.3 Å². The summed E-state index contributed by atoms with van der Waals surface area (Å²) in [6.45, 7) is 2.03. The average Bonchev–Trinajstić information content (AvgIpc) is 2.60. The van der Waals surface area contributed by atoms with Crippen LogP contribution in [0.1, 0.15) is 75.5 Å². The summed E-state index contributed by atoms with van der Waals surface area (Å²) in [7, 11) is 0. The highest BCUT2D eigenvalue weighted by molar-refractivity contribution is 5.85. The maximum atomic E-state index is 12.7. The van der Waals surface area contributed by atoms with E-state index in [9.17, 15) is 4.79 Å². The normalized spacial score (nSPS) is 21.7. The number of halogens is 1. The fraction of sp³-hybridized carbons (Fsp3) is 0.650. The fourth-order valence-electron chi connectivity index (χ4n) is 4.03. The van der Waals surface area contributed by atoms with Crippen molar-refractivity contribution in [1.82, 2.24) is 5.32 Å². The van der Waals surface area contributed by atoms with Crippen molar-refractivity contribution in [2.24, 2.45) is 0 Å². The van der Waals surface area contributed by atoms with E-state index in [1.807, 2.05) is 19.1 Å². The predicted molar refractivity (Wildman–Crippen MR) is 104 cm³/mol. The van der Waals surface area contributed by atoms with Gasteiger partial charge in [0.05, 0.1) is 12.1 Å². The Morgan fingerprint density at radius 3 is 2.72 bits per heavy atom. The minimum atomic E-state index is -0.327. The molecule has 0 radical (unpaired) electrons. The standard InChI is InChI=1S/C20H30N2O2.ClH/c1-2-19(24-16-8-4-3-5-9-16)20(23)22-18-10-6-7-14-13-15(21)11-12-17(14)18;/h11-13,16,18-19H,2-10,21H2,1H3,(H,22,23);1H. The lowest BCUT2D eigenvalue weighted by molar-refractivity contribution is -0.139. The lowest BCUT2D eigenvalue weighted by Gasteiger charge is -2.30. The topological polar surface area (TPSA) is 64.3 Å². The molecule has 140 valence electrons. The number of nitrogen functional groups attached to an aromatic ring is 1. The second kappa shape index (κ2) is 9.44. The second-order valence-electron chi connectivity index (χ2n) is 7.20. The van der Waals surface area contributed by atoms with E-state index >= 15 is 0 Å². The van der Waals surface area contributed by atoms with Crippen molar-refractivity contribution in [3.8, 4) is 0 Å². The van der Waals surface area contributed by atoms with Crippen LogP contribution < -0.4 is 11.1 Å². The SMILES string of the molecule is CCC(OC1CCCCC1)C(=O)NC1CCCc2cc(N)ccc21.Cl. The number of rotatable bonds is 5. The molecule has 1 aromatic carbocycles. The quantitative estimate of drug-likeness (QED) is 0.763. The zero-order chi connectivity index (χ0) is 16.9. The molecular formula is C20H31ClN2O2. The maximum absolute atomic E-state index is 12.7. The Morgan fingerprint density at radius 2 is 2.00 bits per heavy atom. The van der Waals surface area contributed by atoms with Crippen LogP contribution in [0.3, 0.4) is 0 Å². The van der Waals surface area contributed by atoms with Gasteiger partial charge in [-0.15, -0.1) is 12.4 Å². The van der Waals surface area contributed by atoms with E-state index in [-0.39, 0.29) is 36.6 Å². The van der Waals surface area contributed by atoms with E-state index in [2.05, 4.69) is 11.4 Å². The van der Waals surface area contributed by atoms with Crippen LogP contribution in [0.2, 0.25) is 0 Å². The van der Waals surface area contributed by atoms with E-state index < -0.39 is 0 Å². The molecule has 0 saturated heterocycles. The van der Waals surface area contributed by atoms with Gasteiger partial charge < -0.3 is 15.8 Å². The van der Waals surface area contributed by atoms with Crippen LogP contribution in [0.4, 0.5) is 5.69 Å². The third kappa shape index (κ3) is 5.11. The largest absolute Gasteiger partial charge is 0.399 e. The number of nitrogens with one attached hydrogen (secondary N) is 1. The van der Waals surface area contributed by atoms with Crippen molar-refractivity contribution in [3.05, 3.63) is 29.3 Å². The van der Waals surface area contributed by atoms with Crippen molar-refractivity contribution < 1.29 is 9.53 Å². The Labute approximate surface area is 157 Å². The first-order chi connectivity index (χ1) is 11.7. The maximum Gasteiger partial charge on any atom is 0.249 e. The van der Waals surface area contributed by atoms with Gasteiger partial charge in [0, 0.05) is 5.69 Å². The molecule has 1 fully saturated rings. The third-order valence-electron chi connectivity index (χ3n) is 5.37. The Bertz CT molecular complexity index is 573. The molecule has 1 aromatic rings. The van der Waals surface area contributed by atoms with Crippen molar-refractivity contribution in [3.63, 3.8) is 0 Å². The number of nitrogens with two attached hydrogens (primary N) is 1. The number of carbonyl (C=O) groups is 1. The van der Waals surface area contributed by atoms with Crippen molar-refractivity contribution in [1.29, 1.82) is 0 Å². The Kier molecular flexibility index (Phi) is 7.57. The van der Waals surface area contributed by atoms with Crippen LogP contribution >= 0.6 is 12.4 Å². The predicted octanol–water partition coefficient (Wildman–Crippen LogP) is 4.31. The van der Waals surface area contributed by atoms with Gasteiger partial charge in [-0.05, 0) is 61.8 Å². The van der Waals surface area contributed by atoms with Crippen LogP contribution in [0, 0.1) is 0 Å². The summed E-state index contributed by atoms with van der Waals surface area (Å²) in [5.41, 5.74) is 9.18. The highest BCUT2D eigenvalue weighted by Gasteiger charge is 2.27. The fourth-order valence-corrected chi connectivity index (χ4v) is 4.03. The Morgan fingerprint density at radius 1 is 1.24 bits per heavy atom. The number of carbonyl (C=O) groups excluding carboxylic acids is 1. The lowest BCUT2D eigenvalue weighted by Crippen LogP contribution is -2.41. The van der Waals surface area contributed by atoms with Gasteiger partial charge in [0.1, 0.15) is 6.10 Å². The number of ether oxygens (including phenoxy) is 1. The van der Waals surface area contributed by atoms with E-state index in [0.717, 1.165) is 44.2 Å². The summed E-state index contributed by atoms with van der Waals surface area (Å²) in [5.74, 6) is 0.0396. The summed E-state index contributed by atoms with van der Waals surface area (Å²) >= 11 is 0. The van der Waals surface area contributed by atoms with E-state index in [1.165, 1.54) is 30.4 Å². The zero-order valence-electron chi connectivity index (χ0n) is 15.1. The number of aryl methyl sites for hydroxylation is 1. The summed E-state index contributed by atoms with van der Waals surface area (Å²) in [5, 5.41) is 3.23. The Hall–Kier alpha value is -1.26. The minimum absolute atomic E-state index is 0. The first kappa shape index (κ1) is 20.1. The Balaban J connectivity index is 0.00000225. The molecule has 0 aromatic heterocycles. The molecule has 0 bridgehead atoms. The van der Waals surface area contributed by atoms with Gasteiger partial charge in [-0.2, -0.15) is 0 Å². The summed E-state index contributed by atoms with van der Waals surface area (Å²) < 4.78 is 6.12. The van der Waals surface area contributed by atoms with Gasteiger partial charge >= 0.3 is 0 Å². The van der Waals surface area contributed by atoms with Crippen LogP contribution in [0.5, 0.6) is 0 Å². The van der Waals surface area contributed by atoms with Crippen LogP contribution in [0.25, 0.3) is 0 Å². The molecule has 5 heteroatoms. The molecule has 0 spiro atoms. The van der Waals surface area contributed by atoms with Gasteiger partial charge in [0.2, 0.25) is 5.91 Å². The number of benzene rings is 1. The zero-order valence-corrected chi connectivity index (χ0v) is 15.9. The van der Waals surface area contributed by atoms with Crippen LogP contribution in [-0.2, 0) is 16.0 Å². The number of fused-ring (bicyclic) bond motifs is 1. The van der Waals surface area contributed by atoms with E-state index in [0.29, 0.717) is 0 Å². The van der Waals surface area contributed by atoms with Crippen LogP contribution in [0.15, 0.2) is 18.2 Å². The highest BCUT2D eigenvalue weighted by atomic mass is 35.5. The highest BCUT2D eigenvalue weighted by Crippen LogP contribution is 2.31. The molecule has 25 heavy (non-hydrogen) atoms. The first-order valence-corrected chi connectivity index (χ1v) is 9.51. The van der Waals surface area contributed by atoms with Crippen LogP contribution in [-0.4, -0.2) is 18.1 Å². The van der Waals surface area contributed by atoms with Crippen molar-refractivity contribution in [2.45, 2.75) is 83.0 Å². The summed E-state index contributed by atoms with van der Waals surface area (Å²) in [4.78, 5) is 12.7. The van der Waals surface area contributed by atoms with E-state index in [4.69, 9.17) is 10.5 Å². The molecule has 2 aliphatic carbocycles. The monoisotopic (exact) mass is 366 g/mol. The number of hydrogen-bond donors (Lipinski definition) is 2. The van der Waals surface area contributed by atoms with Gasteiger partial charge in [0.15, 0.2) is 0 Å². The third-order valence-corrected chi connectivity index (χ3v) is 5.37. The van der Waals surface area contributed by atoms with Gasteiger partial charge in [-0.3, -0.25) is 4.79 Å². The molecule has 1 saturated carbocycles. The smallest absolute Gasteiger partial charge is 0.249 e. The minimum Gasteiger partial charge on any atom is -0.399 e. The molecule has 1 amide bonds. The van der Waals surface area contributed by atoms with Gasteiger partial charge in [-0.25, -0.2) is 0 Å². The van der Waals surface area contributed by atoms with Crippen molar-refractivity contribution in [2.75, 3.05) is 5.73 Å². The molecular weight excluding hydrogens is 336 g/mol. The number of anilines is 1. The molecule has 0 aliphatic heterocycles. The van der Waals surface area contributed by atoms with E-state index in [1.54, 1.807) is 0 Å². The molecule has 2 atom stereocenters.